The van der Waals surface area contributed by atoms with Crippen LogP contribution in [-0.2, 0) is 9.59 Å². The Morgan fingerprint density at radius 2 is 2.06 bits per heavy atom. The van der Waals surface area contributed by atoms with Crippen molar-refractivity contribution in [2.24, 2.45) is 5.92 Å². The number of pyridine rings is 1. The van der Waals surface area contributed by atoms with E-state index in [1.165, 1.54) is 19.3 Å². The van der Waals surface area contributed by atoms with Gasteiger partial charge in [0.1, 0.15) is 5.69 Å². The van der Waals surface area contributed by atoms with Crippen LogP contribution in [0.1, 0.15) is 32.6 Å². The molecule has 0 bridgehead atoms. The molecular formula is C23H28FN5O3. The normalized spacial score (nSPS) is 14.9. The highest BCUT2D eigenvalue weighted by Gasteiger charge is 2.20. The summed E-state index contributed by atoms with van der Waals surface area (Å²) in [6.45, 7) is 4.92. The standard InChI is InChI=1S/C22H26FN5O.CH2O2/c1-15(14-28-10-3-2-4-11-28)12-19(29)25-22-20(23)21(26-27-22)17-7-8-18-16(13-17)6-5-9-24-18;2-1-3/h5-9,13,15H,2-4,10-12,14H2,1H3,(H2,25,26,27,29);1H,(H,2,3). The lowest BCUT2D eigenvalue weighted by Gasteiger charge is -2.28. The summed E-state index contributed by atoms with van der Waals surface area (Å²) in [7, 11) is 0. The van der Waals surface area contributed by atoms with Crippen LogP contribution in [0.4, 0.5) is 10.2 Å². The van der Waals surface area contributed by atoms with Crippen molar-refractivity contribution < 1.29 is 19.1 Å². The van der Waals surface area contributed by atoms with Gasteiger partial charge in [0.25, 0.3) is 6.47 Å². The smallest absolute Gasteiger partial charge is 0.290 e. The highest BCUT2D eigenvalue weighted by molar-refractivity contribution is 5.91. The number of piperidine rings is 1. The van der Waals surface area contributed by atoms with Crippen LogP contribution in [-0.4, -0.2) is 57.2 Å². The number of carbonyl (C=O) groups excluding carboxylic acids is 1. The lowest BCUT2D eigenvalue weighted by Crippen LogP contribution is -2.34. The summed E-state index contributed by atoms with van der Waals surface area (Å²) in [4.78, 5) is 27.4. The van der Waals surface area contributed by atoms with E-state index in [2.05, 4.69) is 32.3 Å². The zero-order valence-electron chi connectivity index (χ0n) is 18.1. The maximum Gasteiger partial charge on any atom is 0.290 e. The van der Waals surface area contributed by atoms with Crippen LogP contribution in [0.25, 0.3) is 22.2 Å². The minimum Gasteiger partial charge on any atom is -0.483 e. The van der Waals surface area contributed by atoms with Gasteiger partial charge in [0.15, 0.2) is 11.6 Å². The van der Waals surface area contributed by atoms with Crippen LogP contribution in [0.3, 0.4) is 0 Å². The third-order valence-corrected chi connectivity index (χ3v) is 5.40. The molecular weight excluding hydrogens is 413 g/mol. The predicted octanol–water partition coefficient (Wildman–Crippen LogP) is 3.92. The number of hydrogen-bond donors (Lipinski definition) is 3. The Morgan fingerprint density at radius 3 is 2.81 bits per heavy atom. The third-order valence-electron chi connectivity index (χ3n) is 5.40. The number of aromatic nitrogens is 3. The molecule has 2 aromatic heterocycles. The molecule has 0 aliphatic carbocycles. The summed E-state index contributed by atoms with van der Waals surface area (Å²) < 4.78 is 14.9. The Morgan fingerprint density at radius 1 is 1.31 bits per heavy atom. The number of benzene rings is 1. The van der Waals surface area contributed by atoms with Crippen LogP contribution in [0.2, 0.25) is 0 Å². The molecule has 0 spiro atoms. The minimum atomic E-state index is -0.551. The Kier molecular flexibility index (Phi) is 8.27. The van der Waals surface area contributed by atoms with Gasteiger partial charge in [-0.2, -0.15) is 5.10 Å². The van der Waals surface area contributed by atoms with E-state index in [0.717, 1.165) is 30.5 Å². The number of H-pyrrole nitrogens is 1. The van der Waals surface area contributed by atoms with Gasteiger partial charge in [0.2, 0.25) is 5.91 Å². The molecule has 3 aromatic rings. The number of carbonyl (C=O) groups is 2. The molecule has 3 heterocycles. The molecule has 1 amide bonds. The summed E-state index contributed by atoms with van der Waals surface area (Å²) in [6.07, 6.45) is 5.82. The maximum absolute atomic E-state index is 14.9. The number of hydrogen-bond acceptors (Lipinski definition) is 5. The minimum absolute atomic E-state index is 0.0152. The average Bonchev–Trinajstić information content (AvgIpc) is 3.14. The van der Waals surface area contributed by atoms with Gasteiger partial charge in [-0.25, -0.2) is 4.39 Å². The average molecular weight is 442 g/mol. The first-order valence-corrected chi connectivity index (χ1v) is 10.7. The lowest BCUT2D eigenvalue weighted by molar-refractivity contribution is -0.123. The van der Waals surface area contributed by atoms with Crippen molar-refractivity contribution in [3.05, 3.63) is 42.3 Å². The Hall–Kier alpha value is -3.33. The third kappa shape index (κ3) is 6.10. The van der Waals surface area contributed by atoms with Crippen LogP contribution < -0.4 is 5.32 Å². The van der Waals surface area contributed by atoms with Gasteiger partial charge in [-0.15, -0.1) is 0 Å². The van der Waals surface area contributed by atoms with E-state index >= 15 is 0 Å². The number of likely N-dealkylation sites (tertiary alicyclic amines) is 1. The van der Waals surface area contributed by atoms with Crippen molar-refractivity contribution in [2.45, 2.75) is 32.6 Å². The molecule has 0 saturated carbocycles. The molecule has 3 N–H and O–H groups in total. The SMILES string of the molecule is CC(CC(=O)Nc1[nH]nc(-c2ccc3ncccc3c2)c1F)CN1CCCCC1.O=CO. The number of nitrogens with zero attached hydrogens (tertiary/aromatic N) is 3. The number of anilines is 1. The van der Waals surface area contributed by atoms with Gasteiger partial charge in [-0.3, -0.25) is 19.7 Å². The van der Waals surface area contributed by atoms with Crippen molar-refractivity contribution in [3.8, 4) is 11.3 Å². The van der Waals surface area contributed by atoms with Gasteiger partial charge in [0, 0.05) is 30.1 Å². The largest absolute Gasteiger partial charge is 0.483 e. The Labute approximate surface area is 185 Å². The number of halogens is 1. The molecule has 1 aromatic carbocycles. The number of rotatable bonds is 6. The van der Waals surface area contributed by atoms with Crippen LogP contribution in [0.5, 0.6) is 0 Å². The highest BCUT2D eigenvalue weighted by Crippen LogP contribution is 2.27. The quantitative estimate of drug-likeness (QED) is 0.500. The van der Waals surface area contributed by atoms with Gasteiger partial charge >= 0.3 is 0 Å². The van der Waals surface area contributed by atoms with Crippen LogP contribution in [0, 0.1) is 11.7 Å². The first kappa shape index (κ1) is 23.3. The van der Waals surface area contributed by atoms with Crippen molar-refractivity contribution in [1.82, 2.24) is 20.1 Å². The fourth-order valence-corrected chi connectivity index (χ4v) is 3.98. The summed E-state index contributed by atoms with van der Waals surface area (Å²) >= 11 is 0. The van der Waals surface area contributed by atoms with E-state index in [1.807, 2.05) is 24.3 Å². The number of fused-ring (bicyclic) bond motifs is 1. The van der Waals surface area contributed by atoms with Crippen molar-refractivity contribution >= 4 is 29.1 Å². The van der Waals surface area contributed by atoms with E-state index in [4.69, 9.17) is 9.90 Å². The fourth-order valence-electron chi connectivity index (χ4n) is 3.98. The molecule has 1 saturated heterocycles. The summed E-state index contributed by atoms with van der Waals surface area (Å²) in [5, 5.41) is 17.1. The van der Waals surface area contributed by atoms with Crippen LogP contribution >= 0.6 is 0 Å². The second-order valence-corrected chi connectivity index (χ2v) is 8.00. The molecule has 1 unspecified atom stereocenters. The zero-order chi connectivity index (χ0) is 22.9. The molecule has 9 heteroatoms. The molecule has 4 rings (SSSR count). The van der Waals surface area contributed by atoms with Gasteiger partial charge in [-0.1, -0.05) is 25.5 Å². The molecule has 1 atom stereocenters. The molecule has 1 aliphatic heterocycles. The molecule has 32 heavy (non-hydrogen) atoms. The number of carboxylic acid groups (broad SMARTS) is 1. The van der Waals surface area contributed by atoms with Gasteiger partial charge < -0.3 is 15.3 Å². The molecule has 170 valence electrons. The summed E-state index contributed by atoms with van der Waals surface area (Å²) in [5.41, 5.74) is 1.66. The first-order chi connectivity index (χ1) is 15.5. The zero-order valence-corrected chi connectivity index (χ0v) is 18.1. The number of amides is 1. The van der Waals surface area contributed by atoms with E-state index in [-0.39, 0.29) is 29.8 Å². The number of nitrogens with one attached hydrogen (secondary N) is 2. The Bertz CT molecular complexity index is 1050. The summed E-state index contributed by atoms with van der Waals surface area (Å²) in [6, 6.07) is 9.21. The monoisotopic (exact) mass is 441 g/mol. The fraction of sp³-hybridized carbons (Fsp3) is 0.391. The van der Waals surface area contributed by atoms with Crippen molar-refractivity contribution in [2.75, 3.05) is 25.0 Å². The number of aromatic amines is 1. The molecule has 1 aliphatic rings. The van der Waals surface area contributed by atoms with E-state index in [9.17, 15) is 9.18 Å². The van der Waals surface area contributed by atoms with E-state index in [1.54, 1.807) is 12.3 Å². The molecule has 0 radical (unpaired) electrons. The van der Waals surface area contributed by atoms with Gasteiger partial charge in [0.05, 0.1) is 5.52 Å². The summed E-state index contributed by atoms with van der Waals surface area (Å²) in [5.74, 6) is -0.524. The van der Waals surface area contributed by atoms with E-state index in [0.29, 0.717) is 12.0 Å². The van der Waals surface area contributed by atoms with Crippen molar-refractivity contribution in [1.29, 1.82) is 0 Å². The lowest BCUT2D eigenvalue weighted by atomic mass is 10.0. The topological polar surface area (TPSA) is 111 Å². The second-order valence-electron chi connectivity index (χ2n) is 8.00. The highest BCUT2D eigenvalue weighted by atomic mass is 19.1. The molecule has 8 nitrogen and oxygen atoms in total. The molecule has 1 fully saturated rings. The van der Waals surface area contributed by atoms with Crippen molar-refractivity contribution in [3.63, 3.8) is 0 Å². The Balaban J connectivity index is 0.000000913. The predicted molar refractivity (Wildman–Crippen MR) is 121 cm³/mol. The van der Waals surface area contributed by atoms with E-state index < -0.39 is 5.82 Å². The first-order valence-electron chi connectivity index (χ1n) is 10.7. The van der Waals surface area contributed by atoms with Gasteiger partial charge in [-0.05, 0) is 50.0 Å². The maximum atomic E-state index is 14.9. The second kappa shape index (κ2) is 11.3. The van der Waals surface area contributed by atoms with Crippen LogP contribution in [0.15, 0.2) is 36.5 Å².